The zero-order valence-electron chi connectivity index (χ0n) is 13.1. The van der Waals surface area contributed by atoms with Crippen LogP contribution in [-0.4, -0.2) is 23.4 Å². The van der Waals surface area contributed by atoms with E-state index in [1.54, 1.807) is 24.3 Å². The minimum atomic E-state index is -1.08. The van der Waals surface area contributed by atoms with Crippen LogP contribution in [0.5, 0.6) is 5.75 Å². The smallest absolute Gasteiger partial charge is 0.325 e. The summed E-state index contributed by atoms with van der Waals surface area (Å²) in [5, 5.41) is 3.78. The summed E-state index contributed by atoms with van der Waals surface area (Å²) >= 11 is 12.1. The average Bonchev–Trinajstić information content (AvgIpc) is 2.82. The normalized spacial score (nSPS) is 21.9. The highest BCUT2D eigenvalue weighted by molar-refractivity contribution is 6.35. The van der Waals surface area contributed by atoms with Gasteiger partial charge in [0.25, 0.3) is 5.91 Å². The maximum atomic E-state index is 13.2. The summed E-state index contributed by atoms with van der Waals surface area (Å²) in [6.45, 7) is 0.448. The predicted octanol–water partition coefficient (Wildman–Crippen LogP) is 3.72. The molecule has 1 fully saturated rings. The summed E-state index contributed by atoms with van der Waals surface area (Å²) in [4.78, 5) is 26.9. The first kappa shape index (κ1) is 16.2. The van der Waals surface area contributed by atoms with Gasteiger partial charge in [0, 0.05) is 22.0 Å². The molecule has 25 heavy (non-hydrogen) atoms. The molecule has 5 nitrogen and oxygen atoms in total. The molecule has 2 aromatic carbocycles. The van der Waals surface area contributed by atoms with E-state index in [0.717, 1.165) is 0 Å². The number of fused-ring (bicyclic) bond motifs is 2. The van der Waals surface area contributed by atoms with Crippen molar-refractivity contribution >= 4 is 35.1 Å². The zero-order valence-corrected chi connectivity index (χ0v) is 14.6. The number of rotatable bonds is 2. The Morgan fingerprint density at radius 1 is 1.16 bits per heavy atom. The van der Waals surface area contributed by atoms with Crippen molar-refractivity contribution in [3.8, 4) is 5.75 Å². The van der Waals surface area contributed by atoms with Crippen molar-refractivity contribution in [2.24, 2.45) is 0 Å². The first-order valence-electron chi connectivity index (χ1n) is 7.81. The van der Waals surface area contributed by atoms with Crippen LogP contribution in [0.1, 0.15) is 17.5 Å². The third-order valence-electron chi connectivity index (χ3n) is 4.60. The van der Waals surface area contributed by atoms with Crippen LogP contribution in [0, 0.1) is 0 Å². The van der Waals surface area contributed by atoms with Crippen molar-refractivity contribution in [1.29, 1.82) is 0 Å². The van der Waals surface area contributed by atoms with Gasteiger partial charge in [-0.15, -0.1) is 0 Å². The third kappa shape index (κ3) is 2.55. The molecule has 128 valence electrons. The van der Waals surface area contributed by atoms with Crippen molar-refractivity contribution in [3.63, 3.8) is 0 Å². The van der Waals surface area contributed by atoms with Crippen molar-refractivity contribution < 1.29 is 14.3 Å². The van der Waals surface area contributed by atoms with E-state index in [9.17, 15) is 9.59 Å². The van der Waals surface area contributed by atoms with Gasteiger partial charge in [0.05, 0.1) is 13.2 Å². The Morgan fingerprint density at radius 2 is 1.96 bits per heavy atom. The first-order chi connectivity index (χ1) is 12.0. The van der Waals surface area contributed by atoms with E-state index in [0.29, 0.717) is 39.9 Å². The number of carbonyl (C=O) groups excluding carboxylic acids is 2. The largest absolute Gasteiger partial charge is 0.493 e. The second kappa shape index (κ2) is 5.93. The summed E-state index contributed by atoms with van der Waals surface area (Å²) in [6, 6.07) is 11.8. The highest BCUT2D eigenvalue weighted by Gasteiger charge is 2.54. The molecule has 1 N–H and O–H groups in total. The number of hydrogen-bond donors (Lipinski definition) is 1. The number of amides is 3. The maximum absolute atomic E-state index is 13.2. The summed E-state index contributed by atoms with van der Waals surface area (Å²) in [6.07, 6.45) is 0.388. The first-order valence-corrected chi connectivity index (χ1v) is 8.57. The van der Waals surface area contributed by atoms with Gasteiger partial charge in [-0.25, -0.2) is 4.79 Å². The quantitative estimate of drug-likeness (QED) is 0.812. The van der Waals surface area contributed by atoms with Gasteiger partial charge in [-0.1, -0.05) is 47.5 Å². The standard InChI is InChI=1S/C18H14Cl2N2O3/c19-12-6-5-11(14(20)9-12)10-22-16(23)18(21-17(22)24)7-8-25-15-4-2-1-3-13(15)18/h1-6,9H,7-8,10H2,(H,21,24). The number of halogens is 2. The molecule has 1 saturated heterocycles. The predicted molar refractivity (Wildman–Crippen MR) is 93.8 cm³/mol. The van der Waals surface area contributed by atoms with Crippen LogP contribution in [-0.2, 0) is 16.9 Å². The molecule has 1 spiro atoms. The number of carbonyl (C=O) groups is 2. The lowest BCUT2D eigenvalue weighted by molar-refractivity contribution is -0.133. The molecule has 2 aliphatic rings. The fourth-order valence-electron chi connectivity index (χ4n) is 3.34. The summed E-state index contributed by atoms with van der Waals surface area (Å²) < 4.78 is 5.62. The zero-order chi connectivity index (χ0) is 17.6. The minimum Gasteiger partial charge on any atom is -0.493 e. The molecule has 0 aliphatic carbocycles. The van der Waals surface area contributed by atoms with Crippen LogP contribution >= 0.6 is 23.2 Å². The Kier molecular flexibility index (Phi) is 3.85. The lowest BCUT2D eigenvalue weighted by Gasteiger charge is -2.33. The van der Waals surface area contributed by atoms with Crippen LogP contribution in [0.2, 0.25) is 10.0 Å². The minimum absolute atomic E-state index is 0.0887. The van der Waals surface area contributed by atoms with Gasteiger partial charge >= 0.3 is 6.03 Å². The van der Waals surface area contributed by atoms with Gasteiger partial charge in [-0.3, -0.25) is 9.69 Å². The molecular weight excluding hydrogens is 363 g/mol. The molecule has 0 bridgehead atoms. The van der Waals surface area contributed by atoms with Crippen LogP contribution in [0.15, 0.2) is 42.5 Å². The molecular formula is C18H14Cl2N2O3. The van der Waals surface area contributed by atoms with Crippen molar-refractivity contribution in [2.45, 2.75) is 18.5 Å². The van der Waals surface area contributed by atoms with E-state index in [1.807, 2.05) is 18.2 Å². The van der Waals surface area contributed by atoms with Gasteiger partial charge in [0.1, 0.15) is 5.75 Å². The number of benzene rings is 2. The Hall–Kier alpha value is -2.24. The van der Waals surface area contributed by atoms with Crippen LogP contribution in [0.25, 0.3) is 0 Å². The van der Waals surface area contributed by atoms with E-state index < -0.39 is 11.6 Å². The van der Waals surface area contributed by atoms with Crippen molar-refractivity contribution in [3.05, 3.63) is 63.6 Å². The van der Waals surface area contributed by atoms with Gasteiger partial charge in [0.2, 0.25) is 0 Å². The maximum Gasteiger partial charge on any atom is 0.325 e. The van der Waals surface area contributed by atoms with E-state index >= 15 is 0 Å². The van der Waals surface area contributed by atoms with Gasteiger partial charge < -0.3 is 10.1 Å². The Morgan fingerprint density at radius 3 is 2.76 bits per heavy atom. The molecule has 4 rings (SSSR count). The third-order valence-corrected chi connectivity index (χ3v) is 5.19. The Bertz CT molecular complexity index is 886. The molecule has 1 atom stereocenters. The molecule has 2 heterocycles. The second-order valence-corrected chi connectivity index (χ2v) is 6.90. The fraction of sp³-hybridized carbons (Fsp3) is 0.222. The molecule has 1 unspecified atom stereocenters. The van der Waals surface area contributed by atoms with E-state index in [2.05, 4.69) is 5.32 Å². The number of ether oxygens (including phenoxy) is 1. The number of para-hydroxylation sites is 1. The number of nitrogens with one attached hydrogen (secondary N) is 1. The number of urea groups is 1. The number of nitrogens with zero attached hydrogens (tertiary/aromatic N) is 1. The van der Waals surface area contributed by atoms with Gasteiger partial charge in [-0.2, -0.15) is 0 Å². The molecule has 0 aromatic heterocycles. The second-order valence-electron chi connectivity index (χ2n) is 6.06. The molecule has 7 heteroatoms. The van der Waals surface area contributed by atoms with E-state index in [1.165, 1.54) is 4.90 Å². The summed E-state index contributed by atoms with van der Waals surface area (Å²) in [7, 11) is 0. The SMILES string of the molecule is O=C1NC2(CCOc3ccccc32)C(=O)N1Cc1ccc(Cl)cc1Cl. The van der Waals surface area contributed by atoms with Crippen molar-refractivity contribution in [1.82, 2.24) is 10.2 Å². The number of hydrogen-bond acceptors (Lipinski definition) is 3. The highest BCUT2D eigenvalue weighted by atomic mass is 35.5. The average molecular weight is 377 g/mol. The topological polar surface area (TPSA) is 58.6 Å². The fourth-order valence-corrected chi connectivity index (χ4v) is 3.80. The molecule has 0 saturated carbocycles. The number of imide groups is 1. The van der Waals surface area contributed by atoms with E-state index in [4.69, 9.17) is 27.9 Å². The van der Waals surface area contributed by atoms with E-state index in [-0.39, 0.29) is 12.5 Å². The summed E-state index contributed by atoms with van der Waals surface area (Å²) in [5.41, 5.74) is 0.265. The monoisotopic (exact) mass is 376 g/mol. The molecule has 2 aliphatic heterocycles. The molecule has 2 aromatic rings. The molecule has 3 amide bonds. The lowest BCUT2D eigenvalue weighted by Crippen LogP contribution is -2.47. The Balaban J connectivity index is 1.70. The van der Waals surface area contributed by atoms with Crippen LogP contribution in [0.3, 0.4) is 0 Å². The highest BCUT2D eigenvalue weighted by Crippen LogP contribution is 2.41. The molecule has 0 radical (unpaired) electrons. The van der Waals surface area contributed by atoms with Gasteiger partial charge in [-0.05, 0) is 23.8 Å². The van der Waals surface area contributed by atoms with Crippen molar-refractivity contribution in [2.75, 3.05) is 6.61 Å². The summed E-state index contributed by atoms with van der Waals surface area (Å²) in [5.74, 6) is 0.327. The van der Waals surface area contributed by atoms with Crippen LogP contribution in [0.4, 0.5) is 4.79 Å². The van der Waals surface area contributed by atoms with Gasteiger partial charge in [0.15, 0.2) is 5.54 Å². The van der Waals surface area contributed by atoms with Crippen LogP contribution < -0.4 is 10.1 Å². The lowest BCUT2D eigenvalue weighted by atomic mass is 9.84. The Labute approximate surface area is 154 Å².